The number of nitrogens with zero attached hydrogens (tertiary/aromatic N) is 4. The molecule has 0 unspecified atom stereocenters. The van der Waals surface area contributed by atoms with Gasteiger partial charge in [-0.2, -0.15) is 10.4 Å². The number of nitrogens with two attached hydrogens (primary N) is 1. The van der Waals surface area contributed by atoms with Crippen molar-refractivity contribution in [1.29, 1.82) is 10.7 Å². The van der Waals surface area contributed by atoms with Crippen LogP contribution in [0.15, 0.2) is 57.2 Å². The molecule has 2 aromatic rings. The molecule has 1 aliphatic heterocycles. The number of aromatic nitrogens is 1. The molecule has 0 amide bonds. The summed E-state index contributed by atoms with van der Waals surface area (Å²) in [6.07, 6.45) is 1.48. The molecule has 0 spiro atoms. The van der Waals surface area contributed by atoms with E-state index in [4.69, 9.17) is 16.4 Å². The van der Waals surface area contributed by atoms with Crippen LogP contribution in [0.2, 0.25) is 0 Å². The highest BCUT2D eigenvalue weighted by atomic mass is 79.9. The van der Waals surface area contributed by atoms with Crippen LogP contribution in [-0.2, 0) is 6.54 Å². The van der Waals surface area contributed by atoms with E-state index in [9.17, 15) is 4.39 Å². The van der Waals surface area contributed by atoms with Gasteiger partial charge in [0.25, 0.3) is 0 Å². The fourth-order valence-corrected chi connectivity index (χ4v) is 2.95. The Morgan fingerprint density at radius 1 is 1.33 bits per heavy atom. The molecular formula is C18H13BrFN7. The summed E-state index contributed by atoms with van der Waals surface area (Å²) in [5.41, 5.74) is 10.5. The first kappa shape index (κ1) is 18.4. The minimum absolute atomic E-state index is 0.0138. The van der Waals surface area contributed by atoms with Crippen molar-refractivity contribution in [3.63, 3.8) is 0 Å². The number of nitriles is 1. The number of aliphatic imine (C=N–C) groups is 1. The number of nitrogens with one attached hydrogen (secondary N) is 2. The third-order valence-corrected chi connectivity index (χ3v) is 4.43. The minimum atomic E-state index is -0.450. The maximum Gasteiger partial charge on any atom is 0.151 e. The Kier molecular flexibility index (Phi) is 5.38. The van der Waals surface area contributed by atoms with Crippen molar-refractivity contribution in [2.45, 2.75) is 6.54 Å². The van der Waals surface area contributed by atoms with Crippen molar-refractivity contribution in [2.75, 3.05) is 0 Å². The van der Waals surface area contributed by atoms with Gasteiger partial charge in [0.15, 0.2) is 5.84 Å². The highest BCUT2D eigenvalue weighted by Crippen LogP contribution is 2.29. The van der Waals surface area contributed by atoms with E-state index in [0.29, 0.717) is 21.3 Å². The van der Waals surface area contributed by atoms with Crippen molar-refractivity contribution in [3.8, 4) is 6.07 Å². The summed E-state index contributed by atoms with van der Waals surface area (Å²) in [5.74, 6) is -0.464. The van der Waals surface area contributed by atoms with Crippen LogP contribution in [0.3, 0.4) is 0 Å². The van der Waals surface area contributed by atoms with Gasteiger partial charge in [-0.1, -0.05) is 12.1 Å². The lowest BCUT2D eigenvalue weighted by atomic mass is 10.0. The molecule has 0 bridgehead atoms. The van der Waals surface area contributed by atoms with Crippen LogP contribution in [0.4, 0.5) is 4.39 Å². The number of hydrazone groups is 1. The molecule has 134 valence electrons. The first-order valence-corrected chi connectivity index (χ1v) is 8.54. The Hall–Kier alpha value is -3.38. The van der Waals surface area contributed by atoms with E-state index >= 15 is 0 Å². The monoisotopic (exact) mass is 425 g/mol. The van der Waals surface area contributed by atoms with Gasteiger partial charge in [0.2, 0.25) is 0 Å². The van der Waals surface area contributed by atoms with Crippen molar-refractivity contribution in [3.05, 3.63) is 69.7 Å². The summed E-state index contributed by atoms with van der Waals surface area (Å²) in [6.45, 7) is 0.0417. The predicted octanol–water partition coefficient (Wildman–Crippen LogP) is 2.69. The number of halogens is 2. The van der Waals surface area contributed by atoms with E-state index in [1.807, 2.05) is 0 Å². The number of hydrogen-bond acceptors (Lipinski definition) is 7. The van der Waals surface area contributed by atoms with E-state index < -0.39 is 5.82 Å². The van der Waals surface area contributed by atoms with Crippen LogP contribution in [-0.4, -0.2) is 22.2 Å². The van der Waals surface area contributed by atoms with Crippen LogP contribution in [0, 0.1) is 22.6 Å². The average molecular weight is 426 g/mol. The molecule has 0 fully saturated rings. The number of benzene rings is 1. The lowest BCUT2D eigenvalue weighted by Gasteiger charge is -2.17. The Morgan fingerprint density at radius 3 is 2.89 bits per heavy atom. The second-order valence-electron chi connectivity index (χ2n) is 5.45. The first-order valence-electron chi connectivity index (χ1n) is 7.75. The molecule has 7 nitrogen and oxygen atoms in total. The van der Waals surface area contributed by atoms with Crippen LogP contribution in [0.25, 0.3) is 5.70 Å². The van der Waals surface area contributed by atoms with Crippen LogP contribution >= 0.6 is 15.9 Å². The van der Waals surface area contributed by atoms with Crippen LogP contribution in [0.5, 0.6) is 0 Å². The fraction of sp³-hybridized carbons (Fsp3) is 0.0556. The molecule has 0 radical (unpaired) electrons. The van der Waals surface area contributed by atoms with Crippen LogP contribution < -0.4 is 11.2 Å². The van der Waals surface area contributed by atoms with E-state index in [-0.39, 0.29) is 29.5 Å². The van der Waals surface area contributed by atoms with Crippen molar-refractivity contribution in [2.24, 2.45) is 15.8 Å². The minimum Gasteiger partial charge on any atom is -0.382 e. The zero-order valence-electron chi connectivity index (χ0n) is 13.9. The first-order chi connectivity index (χ1) is 13.0. The molecule has 0 saturated heterocycles. The third kappa shape index (κ3) is 3.91. The van der Waals surface area contributed by atoms with Crippen molar-refractivity contribution in [1.82, 2.24) is 10.4 Å². The molecule has 0 aliphatic carbocycles. The van der Waals surface area contributed by atoms with Crippen molar-refractivity contribution < 1.29 is 4.39 Å². The van der Waals surface area contributed by atoms with Gasteiger partial charge in [0.1, 0.15) is 17.2 Å². The molecule has 1 aromatic carbocycles. The van der Waals surface area contributed by atoms with Gasteiger partial charge in [-0.15, -0.1) is 0 Å². The topological polar surface area (TPSA) is 123 Å². The Bertz CT molecular complexity index is 1050. The van der Waals surface area contributed by atoms with Gasteiger partial charge in [0, 0.05) is 11.8 Å². The fourth-order valence-electron chi connectivity index (χ4n) is 2.34. The van der Waals surface area contributed by atoms with E-state index in [1.54, 1.807) is 24.3 Å². The SMILES string of the molecule is N#Cc1cccc(C2=C(Br)/C(=N/NCc3ncccc3F)C(=N)C(N)=N2)c1. The number of hydrogen-bond donors (Lipinski definition) is 3. The maximum atomic E-state index is 13.6. The third-order valence-electron chi connectivity index (χ3n) is 3.68. The molecule has 2 heterocycles. The Balaban J connectivity index is 1.93. The molecule has 0 saturated carbocycles. The average Bonchev–Trinajstić information content (AvgIpc) is 2.68. The summed E-state index contributed by atoms with van der Waals surface area (Å²) in [7, 11) is 0. The molecule has 4 N–H and O–H groups in total. The predicted molar refractivity (Wildman–Crippen MR) is 105 cm³/mol. The quantitative estimate of drug-likeness (QED) is 0.651. The van der Waals surface area contributed by atoms with E-state index in [1.165, 1.54) is 18.3 Å². The van der Waals surface area contributed by atoms with Gasteiger partial charge in [-0.25, -0.2) is 9.38 Å². The summed E-state index contributed by atoms with van der Waals surface area (Å²) in [6, 6.07) is 11.7. The van der Waals surface area contributed by atoms with Gasteiger partial charge in [-0.3, -0.25) is 10.4 Å². The molecule has 0 atom stereocenters. The van der Waals surface area contributed by atoms with E-state index in [0.717, 1.165) is 0 Å². The largest absolute Gasteiger partial charge is 0.382 e. The summed E-state index contributed by atoms with van der Waals surface area (Å²) in [4.78, 5) is 8.17. The molecule has 9 heteroatoms. The summed E-state index contributed by atoms with van der Waals surface area (Å²) in [5, 5.41) is 21.3. The lowest BCUT2D eigenvalue weighted by molar-refractivity contribution is 0.581. The zero-order chi connectivity index (χ0) is 19.4. The van der Waals surface area contributed by atoms with Crippen LogP contribution in [0.1, 0.15) is 16.8 Å². The Labute approximate surface area is 162 Å². The van der Waals surface area contributed by atoms with Gasteiger partial charge in [-0.05, 0) is 40.2 Å². The smallest absolute Gasteiger partial charge is 0.151 e. The molecular weight excluding hydrogens is 413 g/mol. The molecule has 3 rings (SSSR count). The molecule has 1 aromatic heterocycles. The van der Waals surface area contributed by atoms with Gasteiger partial charge >= 0.3 is 0 Å². The highest BCUT2D eigenvalue weighted by Gasteiger charge is 2.25. The number of pyridine rings is 1. The van der Waals surface area contributed by atoms with E-state index in [2.05, 4.69) is 42.5 Å². The normalized spacial score (nSPS) is 15.5. The Morgan fingerprint density at radius 2 is 2.15 bits per heavy atom. The summed E-state index contributed by atoms with van der Waals surface area (Å²) < 4.78 is 14.1. The van der Waals surface area contributed by atoms with Gasteiger partial charge < -0.3 is 11.2 Å². The molecule has 1 aliphatic rings. The zero-order valence-corrected chi connectivity index (χ0v) is 15.5. The second-order valence-corrected chi connectivity index (χ2v) is 6.25. The number of amidine groups is 1. The number of allylic oxidation sites excluding steroid dienone is 1. The van der Waals surface area contributed by atoms with Crippen molar-refractivity contribution >= 4 is 38.9 Å². The standard InChI is InChI=1S/C18H13BrFN7/c19-14-16(11-4-1-3-10(7-11)8-21)26-18(23)15(22)17(14)27-25-9-13-12(20)5-2-6-24-13/h1-7,22,25H,9H2,(H2,23,26)/b22-15?,27-17-. The second kappa shape index (κ2) is 7.88. The maximum absolute atomic E-state index is 13.6. The summed E-state index contributed by atoms with van der Waals surface area (Å²) >= 11 is 3.41. The van der Waals surface area contributed by atoms with Gasteiger partial charge in [0.05, 0.1) is 34.1 Å². The lowest BCUT2D eigenvalue weighted by Crippen LogP contribution is -2.34. The highest BCUT2D eigenvalue weighted by molar-refractivity contribution is 9.12. The number of rotatable bonds is 4. The molecule has 27 heavy (non-hydrogen) atoms.